The fourth-order valence-corrected chi connectivity index (χ4v) is 2.01. The first-order valence-electron chi connectivity index (χ1n) is 6.38. The van der Waals surface area contributed by atoms with E-state index in [2.05, 4.69) is 10.6 Å². The summed E-state index contributed by atoms with van der Waals surface area (Å²) in [5.74, 6) is 0.0851. The molecule has 1 aromatic carbocycles. The Morgan fingerprint density at radius 1 is 1.25 bits per heavy atom. The lowest BCUT2D eigenvalue weighted by molar-refractivity contribution is -0.122. The number of hydrogen-bond acceptors (Lipinski definition) is 2. The monoisotopic (exact) mass is 336 g/mol. The Hall–Kier alpha value is -0.640. The summed E-state index contributed by atoms with van der Waals surface area (Å²) < 4.78 is -1.64. The van der Waals surface area contributed by atoms with Crippen LogP contribution in [0.25, 0.3) is 0 Å². The number of para-hydroxylation sites is 1. The van der Waals surface area contributed by atoms with Gasteiger partial charge in [-0.05, 0) is 24.5 Å². The van der Waals surface area contributed by atoms with Crippen LogP contribution in [0.15, 0.2) is 24.3 Å². The molecule has 1 aromatic rings. The van der Waals surface area contributed by atoms with Crippen molar-refractivity contribution in [1.82, 2.24) is 5.32 Å². The van der Waals surface area contributed by atoms with Gasteiger partial charge in [-0.15, -0.1) is 0 Å². The molecule has 0 fully saturated rings. The van der Waals surface area contributed by atoms with Crippen LogP contribution in [0.2, 0.25) is 0 Å². The van der Waals surface area contributed by atoms with E-state index in [1.807, 2.05) is 45.0 Å². The van der Waals surface area contributed by atoms with E-state index < -0.39 is 9.96 Å². The maximum Gasteiger partial charge on any atom is 0.228 e. The maximum atomic E-state index is 11.9. The molecule has 6 heteroatoms. The normalized spacial score (nSPS) is 13.2. The lowest BCUT2D eigenvalue weighted by atomic mass is 10.1. The molecule has 1 rings (SSSR count). The number of amides is 1. The number of hydrogen-bond donors (Lipinski definition) is 2. The summed E-state index contributed by atoms with van der Waals surface area (Å²) in [5.41, 5.74) is 1.82. The topological polar surface area (TPSA) is 41.1 Å². The number of halogens is 3. The highest BCUT2D eigenvalue weighted by molar-refractivity contribution is 6.68. The van der Waals surface area contributed by atoms with Crippen molar-refractivity contribution in [2.75, 3.05) is 5.32 Å². The predicted octanol–water partition coefficient (Wildman–Crippen LogP) is 4.27. The van der Waals surface area contributed by atoms with Crippen molar-refractivity contribution in [3.8, 4) is 0 Å². The summed E-state index contributed by atoms with van der Waals surface area (Å²) in [5, 5.41) is 5.78. The Bertz CT molecular complexity index is 458. The summed E-state index contributed by atoms with van der Waals surface area (Å²) in [6.07, 6.45) is -0.410. The lowest BCUT2D eigenvalue weighted by Gasteiger charge is -2.28. The second kappa shape index (κ2) is 7.39. The first-order chi connectivity index (χ1) is 9.20. The van der Waals surface area contributed by atoms with Crippen molar-refractivity contribution in [1.29, 1.82) is 0 Å². The van der Waals surface area contributed by atoms with Gasteiger partial charge < -0.3 is 10.6 Å². The molecule has 20 heavy (non-hydrogen) atoms. The van der Waals surface area contributed by atoms with Crippen molar-refractivity contribution in [3.63, 3.8) is 0 Å². The van der Waals surface area contributed by atoms with Crippen LogP contribution in [0.5, 0.6) is 0 Å². The number of anilines is 1. The maximum absolute atomic E-state index is 11.9. The van der Waals surface area contributed by atoms with Crippen LogP contribution in [-0.4, -0.2) is 15.9 Å². The zero-order valence-corrected chi connectivity index (χ0v) is 14.0. The first kappa shape index (κ1) is 17.4. The number of nitrogens with one attached hydrogen (secondary N) is 2. The molecular weight excluding hydrogens is 319 g/mol. The van der Waals surface area contributed by atoms with Crippen molar-refractivity contribution in [3.05, 3.63) is 29.8 Å². The van der Waals surface area contributed by atoms with Gasteiger partial charge in [0.1, 0.15) is 6.17 Å². The molecule has 3 nitrogen and oxygen atoms in total. The third-order valence-corrected chi connectivity index (χ3v) is 3.33. The summed E-state index contributed by atoms with van der Waals surface area (Å²) in [4.78, 5) is 11.9. The van der Waals surface area contributed by atoms with Gasteiger partial charge in [-0.25, -0.2) is 0 Å². The number of alkyl halides is 3. The van der Waals surface area contributed by atoms with E-state index in [-0.39, 0.29) is 11.8 Å². The van der Waals surface area contributed by atoms with Gasteiger partial charge in [0, 0.05) is 12.1 Å². The van der Waals surface area contributed by atoms with Crippen LogP contribution >= 0.6 is 34.8 Å². The molecular formula is C14H19Cl3N2O. The standard InChI is InChI=1S/C14H19Cl3N2O/c1-9(2)8-12(20)19-13(14(15,16)17)18-11-7-5-4-6-10(11)3/h4-7,9,13,18H,8H2,1-3H3,(H,19,20)/t13-/m0/s1. The van der Waals surface area contributed by atoms with Crippen molar-refractivity contribution >= 4 is 46.4 Å². The highest BCUT2D eigenvalue weighted by Gasteiger charge is 2.34. The molecule has 0 spiro atoms. The molecule has 0 radical (unpaired) electrons. The number of carbonyl (C=O) groups is 1. The minimum atomic E-state index is -1.64. The van der Waals surface area contributed by atoms with Crippen LogP contribution in [0.4, 0.5) is 5.69 Å². The van der Waals surface area contributed by atoms with Crippen LogP contribution in [0.1, 0.15) is 25.8 Å². The number of benzene rings is 1. The summed E-state index contributed by atoms with van der Waals surface area (Å²) in [6.45, 7) is 5.85. The zero-order chi connectivity index (χ0) is 15.3. The van der Waals surface area contributed by atoms with Gasteiger partial charge in [-0.2, -0.15) is 0 Å². The highest BCUT2D eigenvalue weighted by Crippen LogP contribution is 2.31. The van der Waals surface area contributed by atoms with Crippen molar-refractivity contribution in [2.45, 2.75) is 37.2 Å². The molecule has 0 aliphatic rings. The van der Waals surface area contributed by atoms with Crippen molar-refractivity contribution < 1.29 is 4.79 Å². The smallest absolute Gasteiger partial charge is 0.228 e. The Labute approximate surface area is 135 Å². The second-order valence-corrected chi connectivity index (χ2v) is 7.47. The van der Waals surface area contributed by atoms with Crippen molar-refractivity contribution in [2.24, 2.45) is 5.92 Å². The van der Waals surface area contributed by atoms with E-state index in [1.54, 1.807) is 0 Å². The number of aryl methyl sites for hydroxylation is 1. The molecule has 0 saturated heterocycles. The molecule has 0 aliphatic carbocycles. The van der Waals surface area contributed by atoms with Gasteiger partial charge in [-0.1, -0.05) is 66.8 Å². The fourth-order valence-electron chi connectivity index (χ4n) is 1.68. The van der Waals surface area contributed by atoms with Gasteiger partial charge >= 0.3 is 0 Å². The van der Waals surface area contributed by atoms with Gasteiger partial charge in [-0.3, -0.25) is 4.79 Å². The molecule has 1 atom stereocenters. The molecule has 0 bridgehead atoms. The number of carbonyl (C=O) groups excluding carboxylic acids is 1. The van der Waals surface area contributed by atoms with E-state index in [9.17, 15) is 4.79 Å². The van der Waals surface area contributed by atoms with Crippen LogP contribution in [0, 0.1) is 12.8 Å². The molecule has 1 amide bonds. The molecule has 2 N–H and O–H groups in total. The third-order valence-electron chi connectivity index (χ3n) is 2.67. The van der Waals surface area contributed by atoms with Crippen LogP contribution < -0.4 is 10.6 Å². The minimum absolute atomic E-state index is 0.155. The second-order valence-electron chi connectivity index (χ2n) is 5.10. The first-order valence-corrected chi connectivity index (χ1v) is 7.51. The van der Waals surface area contributed by atoms with Gasteiger partial charge in [0.2, 0.25) is 9.70 Å². The van der Waals surface area contributed by atoms with E-state index in [1.165, 1.54) is 0 Å². The predicted molar refractivity (Wildman–Crippen MR) is 86.5 cm³/mol. The molecule has 112 valence electrons. The third kappa shape index (κ3) is 5.78. The summed E-state index contributed by atoms with van der Waals surface area (Å²) in [6, 6.07) is 7.60. The molecule has 0 aliphatic heterocycles. The van der Waals surface area contributed by atoms with Gasteiger partial charge in [0.15, 0.2) is 0 Å². The van der Waals surface area contributed by atoms with Crippen LogP contribution in [-0.2, 0) is 4.79 Å². The average molecular weight is 338 g/mol. The molecule has 0 unspecified atom stereocenters. The molecule has 0 heterocycles. The SMILES string of the molecule is Cc1ccccc1N[C@@H](NC(=O)CC(C)C)C(Cl)(Cl)Cl. The van der Waals surface area contributed by atoms with E-state index in [0.717, 1.165) is 11.3 Å². The van der Waals surface area contributed by atoms with E-state index in [0.29, 0.717) is 6.42 Å². The summed E-state index contributed by atoms with van der Waals surface area (Å²) >= 11 is 17.8. The quantitative estimate of drug-likeness (QED) is 0.622. The minimum Gasteiger partial charge on any atom is -0.362 e. The fraction of sp³-hybridized carbons (Fsp3) is 0.500. The van der Waals surface area contributed by atoms with Crippen LogP contribution in [0.3, 0.4) is 0 Å². The summed E-state index contributed by atoms with van der Waals surface area (Å²) in [7, 11) is 0. The average Bonchev–Trinajstić information content (AvgIpc) is 2.28. The molecule has 0 saturated carbocycles. The van der Waals surface area contributed by atoms with Gasteiger partial charge in [0.25, 0.3) is 0 Å². The van der Waals surface area contributed by atoms with E-state index >= 15 is 0 Å². The van der Waals surface area contributed by atoms with E-state index in [4.69, 9.17) is 34.8 Å². The Morgan fingerprint density at radius 3 is 2.35 bits per heavy atom. The lowest BCUT2D eigenvalue weighted by Crippen LogP contribution is -2.49. The largest absolute Gasteiger partial charge is 0.362 e. The highest BCUT2D eigenvalue weighted by atomic mass is 35.6. The Kier molecular flexibility index (Phi) is 6.44. The Balaban J connectivity index is 2.81. The Morgan fingerprint density at radius 2 is 1.85 bits per heavy atom. The zero-order valence-electron chi connectivity index (χ0n) is 11.7. The number of rotatable bonds is 5. The van der Waals surface area contributed by atoms with Gasteiger partial charge in [0.05, 0.1) is 0 Å². The molecule has 0 aromatic heterocycles.